The zero-order chi connectivity index (χ0) is 13.9. The van der Waals surface area contributed by atoms with Crippen molar-refractivity contribution in [3.8, 4) is 5.75 Å². The second-order valence-electron chi connectivity index (χ2n) is 3.85. The maximum atomic E-state index is 11.1. The highest BCUT2D eigenvalue weighted by molar-refractivity contribution is 7.90. The highest BCUT2D eigenvalue weighted by Crippen LogP contribution is 2.34. The normalized spacial score (nSPS) is 13.4. The minimum atomic E-state index is -3.30. The first-order valence-electron chi connectivity index (χ1n) is 5.22. The lowest BCUT2D eigenvalue weighted by Gasteiger charge is -2.14. The van der Waals surface area contributed by atoms with Crippen LogP contribution in [0.15, 0.2) is 12.1 Å². The summed E-state index contributed by atoms with van der Waals surface area (Å²) in [5.41, 5.74) is 0.274. The molecule has 0 aliphatic carbocycles. The van der Waals surface area contributed by atoms with Crippen LogP contribution < -0.4 is 4.74 Å². The zero-order valence-electron chi connectivity index (χ0n) is 9.98. The number of ether oxygens (including phenoxy) is 1. The Labute approximate surface area is 116 Å². The minimum absolute atomic E-state index is 0.221. The highest BCUT2D eigenvalue weighted by Gasteiger charge is 2.19. The van der Waals surface area contributed by atoms with Gasteiger partial charge in [-0.2, -0.15) is 0 Å². The SMILES string of the molecule is CCOc1cc(Cl)c(C(O)CS(C)(=O)=O)cc1Cl. The maximum absolute atomic E-state index is 11.1. The number of benzene rings is 1. The fraction of sp³-hybridized carbons (Fsp3) is 0.455. The van der Waals surface area contributed by atoms with Gasteiger partial charge in [-0.1, -0.05) is 23.2 Å². The quantitative estimate of drug-likeness (QED) is 0.907. The van der Waals surface area contributed by atoms with Crippen LogP contribution in [0.4, 0.5) is 0 Å². The smallest absolute Gasteiger partial charge is 0.150 e. The summed E-state index contributed by atoms with van der Waals surface area (Å²) in [6.07, 6.45) is -0.166. The summed E-state index contributed by atoms with van der Waals surface area (Å²) in [6, 6.07) is 2.89. The van der Waals surface area contributed by atoms with E-state index < -0.39 is 21.7 Å². The van der Waals surface area contributed by atoms with Crippen LogP contribution in [-0.4, -0.2) is 32.1 Å². The van der Waals surface area contributed by atoms with Gasteiger partial charge in [0, 0.05) is 17.9 Å². The lowest BCUT2D eigenvalue weighted by atomic mass is 10.1. The van der Waals surface area contributed by atoms with Crippen molar-refractivity contribution in [2.45, 2.75) is 13.0 Å². The summed E-state index contributed by atoms with van der Waals surface area (Å²) in [4.78, 5) is 0. The van der Waals surface area contributed by atoms with Crippen LogP contribution in [0.1, 0.15) is 18.6 Å². The lowest BCUT2D eigenvalue weighted by Crippen LogP contribution is -2.13. The molecule has 1 unspecified atom stereocenters. The maximum Gasteiger partial charge on any atom is 0.150 e. The largest absolute Gasteiger partial charge is 0.492 e. The molecule has 102 valence electrons. The van der Waals surface area contributed by atoms with Gasteiger partial charge in [-0.05, 0) is 13.0 Å². The van der Waals surface area contributed by atoms with E-state index in [1.54, 1.807) is 6.92 Å². The first-order chi connectivity index (χ1) is 8.24. The molecule has 1 aromatic rings. The van der Waals surface area contributed by atoms with Crippen molar-refractivity contribution in [2.24, 2.45) is 0 Å². The fourth-order valence-corrected chi connectivity index (χ4v) is 2.70. The molecule has 4 nitrogen and oxygen atoms in total. The predicted molar refractivity (Wildman–Crippen MR) is 72.3 cm³/mol. The molecular weight excluding hydrogens is 299 g/mol. The fourth-order valence-electron chi connectivity index (χ4n) is 1.44. The zero-order valence-corrected chi connectivity index (χ0v) is 12.3. The van der Waals surface area contributed by atoms with Crippen molar-refractivity contribution >= 4 is 33.0 Å². The van der Waals surface area contributed by atoms with Crippen LogP contribution in [-0.2, 0) is 9.84 Å². The summed E-state index contributed by atoms with van der Waals surface area (Å²) in [6.45, 7) is 2.23. The van der Waals surface area contributed by atoms with Gasteiger partial charge >= 0.3 is 0 Å². The van der Waals surface area contributed by atoms with Crippen molar-refractivity contribution in [1.82, 2.24) is 0 Å². The van der Waals surface area contributed by atoms with Gasteiger partial charge in [0.25, 0.3) is 0 Å². The molecule has 7 heteroatoms. The van der Waals surface area contributed by atoms with E-state index in [1.807, 2.05) is 0 Å². The third-order valence-corrected chi connectivity index (χ3v) is 3.71. The Morgan fingerprint density at radius 1 is 1.33 bits per heavy atom. The first-order valence-corrected chi connectivity index (χ1v) is 8.03. The van der Waals surface area contributed by atoms with Gasteiger partial charge in [-0.25, -0.2) is 8.42 Å². The average Bonchev–Trinajstić information content (AvgIpc) is 2.20. The van der Waals surface area contributed by atoms with E-state index in [4.69, 9.17) is 27.9 Å². The molecule has 0 aromatic heterocycles. The Morgan fingerprint density at radius 2 is 1.94 bits per heavy atom. The van der Waals surface area contributed by atoms with E-state index >= 15 is 0 Å². The topological polar surface area (TPSA) is 63.6 Å². The standard InChI is InChI=1S/C11H14Cl2O4S/c1-3-17-11-5-8(12)7(4-9(11)13)10(14)6-18(2,15)16/h4-5,10,14H,3,6H2,1-2H3. The number of aliphatic hydroxyl groups excluding tert-OH is 1. The number of hydrogen-bond acceptors (Lipinski definition) is 4. The summed E-state index contributed by atoms with van der Waals surface area (Å²) in [7, 11) is -3.30. The van der Waals surface area contributed by atoms with Crippen LogP contribution in [0.3, 0.4) is 0 Å². The third kappa shape index (κ3) is 4.31. The molecule has 0 saturated carbocycles. The molecule has 0 amide bonds. The van der Waals surface area contributed by atoms with Gasteiger partial charge in [0.15, 0.2) is 0 Å². The monoisotopic (exact) mass is 312 g/mol. The van der Waals surface area contributed by atoms with Gasteiger partial charge in [0.05, 0.1) is 28.5 Å². The van der Waals surface area contributed by atoms with Gasteiger partial charge in [0.1, 0.15) is 15.6 Å². The molecule has 1 atom stereocenters. The number of sulfone groups is 1. The molecule has 0 bridgehead atoms. The summed E-state index contributed by atoms with van der Waals surface area (Å²) in [5, 5.41) is 10.3. The number of aliphatic hydroxyl groups is 1. The van der Waals surface area contributed by atoms with E-state index in [1.165, 1.54) is 12.1 Å². The van der Waals surface area contributed by atoms with E-state index in [0.717, 1.165) is 6.26 Å². The van der Waals surface area contributed by atoms with Gasteiger partial charge in [-0.15, -0.1) is 0 Å². The van der Waals surface area contributed by atoms with Crippen LogP contribution in [0.25, 0.3) is 0 Å². The summed E-state index contributed by atoms with van der Waals surface area (Å²) in [5.74, 6) is -0.00343. The minimum Gasteiger partial charge on any atom is -0.492 e. The molecule has 1 aromatic carbocycles. The molecule has 1 rings (SSSR count). The second kappa shape index (κ2) is 6.10. The first kappa shape index (κ1) is 15.6. The van der Waals surface area contributed by atoms with Crippen molar-refractivity contribution in [2.75, 3.05) is 18.6 Å². The van der Waals surface area contributed by atoms with Crippen molar-refractivity contribution in [3.63, 3.8) is 0 Å². The van der Waals surface area contributed by atoms with E-state index in [0.29, 0.717) is 12.4 Å². The number of rotatable bonds is 5. The molecule has 0 radical (unpaired) electrons. The van der Waals surface area contributed by atoms with E-state index in [9.17, 15) is 13.5 Å². The Hall–Kier alpha value is -0.490. The Bertz CT molecular complexity index is 528. The van der Waals surface area contributed by atoms with Gasteiger partial charge in [0.2, 0.25) is 0 Å². The molecule has 18 heavy (non-hydrogen) atoms. The lowest BCUT2D eigenvalue weighted by molar-refractivity contribution is 0.202. The molecule has 0 fully saturated rings. The molecular formula is C11H14Cl2O4S. The molecule has 0 aliphatic rings. The molecule has 0 saturated heterocycles. The molecule has 0 aliphatic heterocycles. The van der Waals surface area contributed by atoms with Crippen LogP contribution >= 0.6 is 23.2 Å². The van der Waals surface area contributed by atoms with Gasteiger partial charge in [-0.3, -0.25) is 0 Å². The average molecular weight is 313 g/mol. The second-order valence-corrected chi connectivity index (χ2v) is 6.84. The Kier molecular flexibility index (Phi) is 5.28. The van der Waals surface area contributed by atoms with Gasteiger partial charge < -0.3 is 9.84 Å². The molecule has 0 spiro atoms. The van der Waals surface area contributed by atoms with Crippen LogP contribution in [0.5, 0.6) is 5.75 Å². The Morgan fingerprint density at radius 3 is 2.44 bits per heavy atom. The summed E-state index contributed by atoms with van der Waals surface area (Å²) < 4.78 is 27.5. The molecule has 1 N–H and O–H groups in total. The van der Waals surface area contributed by atoms with E-state index in [2.05, 4.69) is 0 Å². The molecule has 0 heterocycles. The van der Waals surface area contributed by atoms with Crippen molar-refractivity contribution < 1.29 is 18.3 Å². The predicted octanol–water partition coefficient (Wildman–Crippen LogP) is 2.47. The summed E-state index contributed by atoms with van der Waals surface area (Å²) >= 11 is 11.9. The van der Waals surface area contributed by atoms with E-state index in [-0.39, 0.29) is 15.6 Å². The van der Waals surface area contributed by atoms with Crippen LogP contribution in [0, 0.1) is 0 Å². The highest BCUT2D eigenvalue weighted by atomic mass is 35.5. The van der Waals surface area contributed by atoms with Crippen LogP contribution in [0.2, 0.25) is 10.0 Å². The number of hydrogen-bond donors (Lipinski definition) is 1. The third-order valence-electron chi connectivity index (χ3n) is 2.17. The van der Waals surface area contributed by atoms with Crippen molar-refractivity contribution in [1.29, 1.82) is 0 Å². The Balaban J connectivity index is 3.07. The van der Waals surface area contributed by atoms with Crippen molar-refractivity contribution in [3.05, 3.63) is 27.7 Å². The number of halogens is 2.